The Kier molecular flexibility index (Phi) is 6.60. The molecule has 0 radical (unpaired) electrons. The van der Waals surface area contributed by atoms with E-state index < -0.39 is 23.4 Å². The average molecular weight is 590 g/mol. The topological polar surface area (TPSA) is 112 Å². The van der Waals surface area contributed by atoms with Gasteiger partial charge in [-0.3, -0.25) is 4.79 Å². The first-order chi connectivity index (χ1) is 20.7. The Balaban J connectivity index is 1.53. The fraction of sp³-hybridized carbons (Fsp3) is 0.387. The number of ether oxygens (including phenoxy) is 1. The molecule has 4 aromatic heterocycles. The minimum atomic E-state index is -1.38. The highest BCUT2D eigenvalue weighted by molar-refractivity contribution is 6.18. The first-order valence-corrected chi connectivity index (χ1v) is 14.5. The number of likely N-dealkylation sites (N-methyl/N-ethyl adjacent to an activating group) is 1. The molecule has 1 aromatic carbocycles. The monoisotopic (exact) mass is 589 g/mol. The molecule has 2 aliphatic rings. The van der Waals surface area contributed by atoms with Gasteiger partial charge in [0, 0.05) is 82.2 Å². The quantitative estimate of drug-likeness (QED) is 0.254. The summed E-state index contributed by atoms with van der Waals surface area (Å²) < 4.78 is 37.7. The molecular formula is C31H33F2N7O3. The third-order valence-corrected chi connectivity index (χ3v) is 8.99. The summed E-state index contributed by atoms with van der Waals surface area (Å²) in [5.74, 6) is -1.46. The second kappa shape index (κ2) is 10.2. The summed E-state index contributed by atoms with van der Waals surface area (Å²) >= 11 is 0. The zero-order chi connectivity index (χ0) is 30.2. The molecule has 43 heavy (non-hydrogen) atoms. The lowest BCUT2D eigenvalue weighted by Crippen LogP contribution is -2.35. The number of likely N-dealkylation sites (tertiary alicyclic amines) is 1. The van der Waals surface area contributed by atoms with Crippen LogP contribution >= 0.6 is 0 Å². The Bertz CT molecular complexity index is 1970. The molecule has 0 aliphatic carbocycles. The van der Waals surface area contributed by atoms with Crippen LogP contribution in [-0.4, -0.2) is 75.9 Å². The summed E-state index contributed by atoms with van der Waals surface area (Å²) in [7, 11) is 5.50. The van der Waals surface area contributed by atoms with Crippen LogP contribution < -0.4 is 15.6 Å². The third kappa shape index (κ3) is 4.19. The first-order valence-electron chi connectivity index (χ1n) is 14.5. The van der Waals surface area contributed by atoms with E-state index in [0.29, 0.717) is 50.3 Å². The van der Waals surface area contributed by atoms with Gasteiger partial charge < -0.3 is 34.5 Å². The largest absolute Gasteiger partial charge is 0.386 e. The molecule has 0 amide bonds. The minimum Gasteiger partial charge on any atom is -0.386 e. The molecule has 0 bridgehead atoms. The number of pyridine rings is 3. The molecule has 3 atom stereocenters. The number of aliphatic hydroxyl groups excluding tert-OH is 1. The molecule has 2 saturated heterocycles. The van der Waals surface area contributed by atoms with Gasteiger partial charge in [0.2, 0.25) is 0 Å². The maximum absolute atomic E-state index is 15.7. The number of nitrogens with one attached hydrogen (secondary N) is 2. The number of aromatic amines is 1. The maximum atomic E-state index is 15.7. The maximum Gasteiger partial charge on any atom is 0.199 e. The molecule has 5 aromatic rings. The SMILES string of the molecule is CCOC(O)c1cn(C)c2ncc(-c3cnc4[nH]c5c(NC)cc(F)c(F)c5c4c3N3CC[C@H]4CN(C)C[C@H]43)cc2c1=O. The van der Waals surface area contributed by atoms with Crippen molar-refractivity contribution in [2.45, 2.75) is 25.7 Å². The van der Waals surface area contributed by atoms with Crippen LogP contribution in [-0.2, 0) is 11.8 Å². The Labute approximate surface area is 245 Å². The molecule has 2 fully saturated rings. The summed E-state index contributed by atoms with van der Waals surface area (Å²) in [6.45, 7) is 4.52. The van der Waals surface area contributed by atoms with Crippen molar-refractivity contribution in [3.05, 3.63) is 58.1 Å². The highest BCUT2D eigenvalue weighted by Crippen LogP contribution is 2.46. The lowest BCUT2D eigenvalue weighted by molar-refractivity contribution is -0.0988. The number of anilines is 2. The molecule has 7 rings (SSSR count). The van der Waals surface area contributed by atoms with E-state index in [0.717, 1.165) is 37.8 Å². The number of aromatic nitrogens is 4. The number of fused-ring (bicyclic) bond motifs is 5. The summed E-state index contributed by atoms with van der Waals surface area (Å²) in [6.07, 6.45) is 4.50. The zero-order valence-corrected chi connectivity index (χ0v) is 24.4. The minimum absolute atomic E-state index is 0.106. The second-order valence-corrected chi connectivity index (χ2v) is 11.5. The fourth-order valence-corrected chi connectivity index (χ4v) is 7.06. The molecule has 10 nitrogen and oxygen atoms in total. The van der Waals surface area contributed by atoms with Crippen molar-refractivity contribution >= 4 is 44.3 Å². The van der Waals surface area contributed by atoms with Gasteiger partial charge in [0.15, 0.2) is 23.4 Å². The van der Waals surface area contributed by atoms with E-state index in [1.807, 2.05) is 0 Å². The van der Waals surface area contributed by atoms with E-state index in [-0.39, 0.29) is 23.6 Å². The fourth-order valence-electron chi connectivity index (χ4n) is 7.06. The van der Waals surface area contributed by atoms with Crippen LogP contribution in [0.4, 0.5) is 20.2 Å². The van der Waals surface area contributed by atoms with E-state index in [4.69, 9.17) is 4.74 Å². The third-order valence-electron chi connectivity index (χ3n) is 8.99. The number of hydrogen-bond donors (Lipinski definition) is 3. The van der Waals surface area contributed by atoms with Crippen molar-refractivity contribution in [3.8, 4) is 11.1 Å². The number of halogens is 2. The summed E-state index contributed by atoms with van der Waals surface area (Å²) in [6, 6.07) is 3.05. The van der Waals surface area contributed by atoms with Crippen molar-refractivity contribution in [2.24, 2.45) is 13.0 Å². The standard InChI is InChI=1S/C31H33F2N7O3/c1-5-43-31(42)19-13-39(4)30-17(28(19)41)8-16(10-36-30)18-11-35-29-24(23-25(33)20(32)9-21(34-2)26(23)37-29)27(18)40-7-6-15-12-38(3)14-22(15)40/h8-11,13,15,22,31,34,42H,5-7,12,14H2,1-4H3,(H,35,37)/t15-,22+,31?/m0/s1. The normalized spacial score (nSPS) is 19.7. The second-order valence-electron chi connectivity index (χ2n) is 11.5. The Morgan fingerprint density at radius 3 is 2.77 bits per heavy atom. The molecular weight excluding hydrogens is 556 g/mol. The number of aryl methyl sites for hydroxylation is 1. The Morgan fingerprint density at radius 1 is 1.19 bits per heavy atom. The van der Waals surface area contributed by atoms with Gasteiger partial charge in [0.05, 0.1) is 38.6 Å². The van der Waals surface area contributed by atoms with Gasteiger partial charge >= 0.3 is 0 Å². The van der Waals surface area contributed by atoms with Gasteiger partial charge in [-0.15, -0.1) is 0 Å². The summed E-state index contributed by atoms with van der Waals surface area (Å²) in [5, 5.41) is 14.4. The van der Waals surface area contributed by atoms with Gasteiger partial charge in [0.25, 0.3) is 0 Å². The van der Waals surface area contributed by atoms with Gasteiger partial charge in [-0.05, 0) is 32.4 Å². The molecule has 12 heteroatoms. The van der Waals surface area contributed by atoms with Gasteiger partial charge in [-0.25, -0.2) is 18.7 Å². The summed E-state index contributed by atoms with van der Waals surface area (Å²) in [4.78, 5) is 30.7. The molecule has 2 aliphatic heterocycles. The molecule has 3 N–H and O–H groups in total. The van der Waals surface area contributed by atoms with Crippen molar-refractivity contribution < 1.29 is 18.6 Å². The first kappa shape index (κ1) is 27.7. The number of nitrogens with zero attached hydrogens (tertiary/aromatic N) is 5. The van der Waals surface area contributed by atoms with Gasteiger partial charge in [-0.1, -0.05) is 0 Å². The van der Waals surface area contributed by atoms with Crippen molar-refractivity contribution in [1.29, 1.82) is 0 Å². The van der Waals surface area contributed by atoms with E-state index in [1.54, 1.807) is 44.0 Å². The Morgan fingerprint density at radius 2 is 2.00 bits per heavy atom. The van der Waals surface area contributed by atoms with Crippen molar-refractivity contribution in [1.82, 2.24) is 24.4 Å². The van der Waals surface area contributed by atoms with Gasteiger partial charge in [0.1, 0.15) is 11.3 Å². The summed E-state index contributed by atoms with van der Waals surface area (Å²) in [5.41, 5.74) is 3.44. The molecule has 0 saturated carbocycles. The van der Waals surface area contributed by atoms with Crippen LogP contribution in [0.3, 0.4) is 0 Å². The lowest BCUT2D eigenvalue weighted by atomic mass is 9.99. The smallest absolute Gasteiger partial charge is 0.199 e. The van der Waals surface area contributed by atoms with Crippen LogP contribution in [0.1, 0.15) is 25.2 Å². The number of rotatable bonds is 6. The highest BCUT2D eigenvalue weighted by atomic mass is 19.2. The lowest BCUT2D eigenvalue weighted by Gasteiger charge is -2.29. The highest BCUT2D eigenvalue weighted by Gasteiger charge is 2.42. The Hall–Kier alpha value is -4.13. The molecule has 1 unspecified atom stereocenters. The van der Waals surface area contributed by atoms with Crippen LogP contribution in [0.2, 0.25) is 0 Å². The number of hydrogen-bond acceptors (Lipinski definition) is 8. The number of benzene rings is 1. The molecule has 224 valence electrons. The van der Waals surface area contributed by atoms with Crippen LogP contribution in [0, 0.1) is 17.6 Å². The van der Waals surface area contributed by atoms with Crippen molar-refractivity contribution in [3.63, 3.8) is 0 Å². The van der Waals surface area contributed by atoms with E-state index in [2.05, 4.69) is 37.1 Å². The predicted octanol–water partition coefficient (Wildman–Crippen LogP) is 4.12. The number of aliphatic hydroxyl groups is 1. The van der Waals surface area contributed by atoms with Crippen LogP contribution in [0.25, 0.3) is 44.1 Å². The van der Waals surface area contributed by atoms with Crippen LogP contribution in [0.5, 0.6) is 0 Å². The molecule has 6 heterocycles. The predicted molar refractivity (Wildman–Crippen MR) is 162 cm³/mol. The van der Waals surface area contributed by atoms with Gasteiger partial charge in [-0.2, -0.15) is 0 Å². The molecule has 0 spiro atoms. The van der Waals surface area contributed by atoms with Crippen LogP contribution in [0.15, 0.2) is 35.5 Å². The number of H-pyrrole nitrogens is 1. The average Bonchev–Trinajstić information content (AvgIpc) is 3.68. The van der Waals surface area contributed by atoms with E-state index in [1.165, 1.54) is 6.20 Å². The van der Waals surface area contributed by atoms with E-state index >= 15 is 4.39 Å². The van der Waals surface area contributed by atoms with Crippen molar-refractivity contribution in [2.75, 3.05) is 50.6 Å². The zero-order valence-electron chi connectivity index (χ0n) is 24.4. The van der Waals surface area contributed by atoms with E-state index in [9.17, 15) is 14.3 Å².